The summed E-state index contributed by atoms with van der Waals surface area (Å²) < 4.78 is 0. The summed E-state index contributed by atoms with van der Waals surface area (Å²) in [5, 5.41) is 6.36. The zero-order valence-corrected chi connectivity index (χ0v) is 9.28. The zero-order chi connectivity index (χ0) is 12.0. The van der Waals surface area contributed by atoms with E-state index in [1.165, 1.54) is 13.3 Å². The van der Waals surface area contributed by atoms with Crippen molar-refractivity contribution in [2.45, 2.75) is 0 Å². The molecule has 1 rings (SSSR count). The van der Waals surface area contributed by atoms with Gasteiger partial charge in [0.2, 0.25) is 0 Å². The lowest BCUT2D eigenvalue weighted by molar-refractivity contribution is -0.138. The molecule has 0 saturated heterocycles. The number of carbonyl (C=O) groups excluding carboxylic acids is 2. The zero-order valence-electron chi connectivity index (χ0n) is 8.53. The smallest absolute Gasteiger partial charge is 0.329 e. The van der Waals surface area contributed by atoms with Gasteiger partial charge in [-0.3, -0.25) is 9.59 Å². The SMILES string of the molecule is CNC(=O)C(=O)N/N=C/c1cccc(Cl)c1. The van der Waals surface area contributed by atoms with Crippen LogP contribution in [0.2, 0.25) is 5.02 Å². The summed E-state index contributed by atoms with van der Waals surface area (Å²) in [6.07, 6.45) is 1.40. The van der Waals surface area contributed by atoms with Crippen molar-refractivity contribution in [3.63, 3.8) is 0 Å². The molecule has 0 heterocycles. The van der Waals surface area contributed by atoms with E-state index in [0.717, 1.165) is 5.56 Å². The first-order valence-electron chi connectivity index (χ1n) is 4.44. The number of hydrazone groups is 1. The number of hydrogen-bond donors (Lipinski definition) is 2. The maximum absolute atomic E-state index is 11.0. The van der Waals surface area contributed by atoms with E-state index in [2.05, 4.69) is 15.8 Å². The number of nitrogens with zero attached hydrogens (tertiary/aromatic N) is 1. The maximum atomic E-state index is 11.0. The van der Waals surface area contributed by atoms with Gasteiger partial charge in [0, 0.05) is 12.1 Å². The van der Waals surface area contributed by atoms with Crippen LogP contribution in [0.4, 0.5) is 0 Å². The molecule has 2 amide bonds. The Bertz CT molecular complexity index is 432. The highest BCUT2D eigenvalue weighted by Gasteiger charge is 2.08. The van der Waals surface area contributed by atoms with E-state index in [4.69, 9.17) is 11.6 Å². The molecule has 0 aromatic heterocycles. The fourth-order valence-electron chi connectivity index (χ4n) is 0.917. The van der Waals surface area contributed by atoms with Gasteiger partial charge in [-0.1, -0.05) is 23.7 Å². The van der Waals surface area contributed by atoms with Gasteiger partial charge in [-0.15, -0.1) is 0 Å². The molecule has 0 unspecified atom stereocenters. The summed E-state index contributed by atoms with van der Waals surface area (Å²) in [7, 11) is 1.36. The number of carbonyl (C=O) groups is 2. The maximum Gasteiger partial charge on any atom is 0.329 e. The predicted molar refractivity (Wildman–Crippen MR) is 61.3 cm³/mol. The Morgan fingerprint density at radius 2 is 2.12 bits per heavy atom. The third-order valence-electron chi connectivity index (χ3n) is 1.66. The van der Waals surface area contributed by atoms with E-state index in [0.29, 0.717) is 5.02 Å². The lowest BCUT2D eigenvalue weighted by Gasteiger charge is -1.97. The number of benzene rings is 1. The number of likely N-dealkylation sites (N-methyl/N-ethyl adjacent to an activating group) is 1. The van der Waals surface area contributed by atoms with Gasteiger partial charge in [-0.05, 0) is 17.7 Å². The van der Waals surface area contributed by atoms with Crippen LogP contribution in [-0.2, 0) is 9.59 Å². The Morgan fingerprint density at radius 1 is 1.38 bits per heavy atom. The highest BCUT2D eigenvalue weighted by molar-refractivity contribution is 6.35. The van der Waals surface area contributed by atoms with Gasteiger partial charge in [0.15, 0.2) is 0 Å². The van der Waals surface area contributed by atoms with E-state index in [9.17, 15) is 9.59 Å². The van der Waals surface area contributed by atoms with E-state index >= 15 is 0 Å². The summed E-state index contributed by atoms with van der Waals surface area (Å²) in [4.78, 5) is 21.8. The normalized spacial score (nSPS) is 10.1. The Hall–Kier alpha value is -1.88. The van der Waals surface area contributed by atoms with Gasteiger partial charge in [0.05, 0.1) is 6.21 Å². The quantitative estimate of drug-likeness (QED) is 0.449. The molecule has 0 aliphatic heterocycles. The Morgan fingerprint density at radius 3 is 2.75 bits per heavy atom. The van der Waals surface area contributed by atoms with Crippen LogP contribution in [-0.4, -0.2) is 25.1 Å². The highest BCUT2D eigenvalue weighted by Crippen LogP contribution is 2.08. The fraction of sp³-hybridized carbons (Fsp3) is 0.100. The van der Waals surface area contributed by atoms with E-state index in [-0.39, 0.29) is 0 Å². The highest BCUT2D eigenvalue weighted by atomic mass is 35.5. The molecule has 2 N–H and O–H groups in total. The summed E-state index contributed by atoms with van der Waals surface area (Å²) >= 11 is 5.75. The molecule has 6 heteroatoms. The minimum atomic E-state index is -0.819. The second-order valence-corrected chi connectivity index (χ2v) is 3.27. The van der Waals surface area contributed by atoms with Crippen molar-refractivity contribution < 1.29 is 9.59 Å². The molecule has 84 valence electrons. The van der Waals surface area contributed by atoms with E-state index in [1.54, 1.807) is 24.3 Å². The van der Waals surface area contributed by atoms with Gasteiger partial charge in [0.25, 0.3) is 0 Å². The molecule has 0 saturated carbocycles. The van der Waals surface area contributed by atoms with Gasteiger partial charge in [0.1, 0.15) is 0 Å². The third-order valence-corrected chi connectivity index (χ3v) is 1.90. The monoisotopic (exact) mass is 239 g/mol. The largest absolute Gasteiger partial charge is 0.351 e. The minimum absolute atomic E-state index is 0.571. The molecule has 0 fully saturated rings. The van der Waals surface area contributed by atoms with Crippen molar-refractivity contribution in [2.75, 3.05) is 7.05 Å². The molecule has 0 aliphatic rings. The number of nitrogens with one attached hydrogen (secondary N) is 2. The van der Waals surface area contributed by atoms with Gasteiger partial charge in [-0.25, -0.2) is 5.43 Å². The first kappa shape index (κ1) is 12.2. The first-order valence-corrected chi connectivity index (χ1v) is 4.82. The Labute approximate surface area is 97.5 Å². The minimum Gasteiger partial charge on any atom is -0.351 e. The molecule has 1 aromatic carbocycles. The van der Waals surface area contributed by atoms with Crippen molar-refractivity contribution in [3.8, 4) is 0 Å². The van der Waals surface area contributed by atoms with Crippen molar-refractivity contribution >= 4 is 29.6 Å². The predicted octanol–water partition coefficient (Wildman–Crippen LogP) is 0.536. The molecule has 0 atom stereocenters. The van der Waals surface area contributed by atoms with Crippen LogP contribution in [0.1, 0.15) is 5.56 Å². The average molecular weight is 240 g/mol. The average Bonchev–Trinajstić information content (AvgIpc) is 2.28. The van der Waals surface area contributed by atoms with Crippen molar-refractivity contribution in [2.24, 2.45) is 5.10 Å². The standard InChI is InChI=1S/C10H10ClN3O2/c1-12-9(15)10(16)14-13-6-7-3-2-4-8(11)5-7/h2-6H,1H3,(H,12,15)(H,14,16)/b13-6+. The van der Waals surface area contributed by atoms with Crippen LogP contribution in [0, 0.1) is 0 Å². The van der Waals surface area contributed by atoms with Gasteiger partial charge >= 0.3 is 11.8 Å². The second kappa shape index (κ2) is 5.87. The van der Waals surface area contributed by atoms with Crippen molar-refractivity contribution in [1.82, 2.24) is 10.7 Å². The first-order chi connectivity index (χ1) is 7.63. The number of hydrogen-bond acceptors (Lipinski definition) is 3. The lowest BCUT2D eigenvalue weighted by atomic mass is 10.2. The summed E-state index contributed by atoms with van der Waals surface area (Å²) in [5.74, 6) is -1.57. The second-order valence-electron chi connectivity index (χ2n) is 2.83. The van der Waals surface area contributed by atoms with E-state index < -0.39 is 11.8 Å². The van der Waals surface area contributed by atoms with Crippen LogP contribution in [0.15, 0.2) is 29.4 Å². The summed E-state index contributed by atoms with van der Waals surface area (Å²) in [6.45, 7) is 0. The van der Waals surface area contributed by atoms with Crippen LogP contribution >= 0.6 is 11.6 Å². The summed E-state index contributed by atoms with van der Waals surface area (Å²) in [5.41, 5.74) is 2.80. The van der Waals surface area contributed by atoms with Crippen LogP contribution < -0.4 is 10.7 Å². The number of rotatable bonds is 2. The van der Waals surface area contributed by atoms with Crippen LogP contribution in [0.25, 0.3) is 0 Å². The Balaban J connectivity index is 2.55. The molecule has 0 radical (unpaired) electrons. The molecule has 0 bridgehead atoms. The number of halogens is 1. The topological polar surface area (TPSA) is 70.6 Å². The molecule has 1 aromatic rings. The summed E-state index contributed by atoms with van der Waals surface area (Å²) in [6, 6.07) is 6.92. The molecule has 5 nitrogen and oxygen atoms in total. The fourth-order valence-corrected chi connectivity index (χ4v) is 1.12. The Kier molecular flexibility index (Phi) is 4.47. The molecule has 16 heavy (non-hydrogen) atoms. The molecular formula is C10H10ClN3O2. The van der Waals surface area contributed by atoms with Crippen LogP contribution in [0.3, 0.4) is 0 Å². The molecule has 0 spiro atoms. The van der Waals surface area contributed by atoms with Crippen LogP contribution in [0.5, 0.6) is 0 Å². The van der Waals surface area contributed by atoms with Gasteiger partial charge in [-0.2, -0.15) is 5.10 Å². The number of amides is 2. The van der Waals surface area contributed by atoms with Gasteiger partial charge < -0.3 is 5.32 Å². The van der Waals surface area contributed by atoms with Crippen molar-refractivity contribution in [1.29, 1.82) is 0 Å². The molecular weight excluding hydrogens is 230 g/mol. The third kappa shape index (κ3) is 3.70. The van der Waals surface area contributed by atoms with E-state index in [1.807, 2.05) is 0 Å². The van der Waals surface area contributed by atoms with Crippen molar-refractivity contribution in [3.05, 3.63) is 34.9 Å². The lowest BCUT2D eigenvalue weighted by Crippen LogP contribution is -2.35. The molecule has 0 aliphatic carbocycles.